The Labute approximate surface area is 223 Å². The first-order chi connectivity index (χ1) is 18.0. The number of benzene rings is 3. The molecule has 7 nitrogen and oxygen atoms in total. The largest absolute Gasteiger partial charge is 0.493 e. The molecule has 1 aliphatic rings. The number of ether oxygens (including phenoxy) is 1. The lowest BCUT2D eigenvalue weighted by atomic mass is 9.98. The molecule has 8 heteroatoms. The Morgan fingerprint density at radius 3 is 2.57 bits per heavy atom. The lowest BCUT2D eigenvalue weighted by Crippen LogP contribution is -2.44. The van der Waals surface area contributed by atoms with Crippen LogP contribution in [-0.4, -0.2) is 71.4 Å². The van der Waals surface area contributed by atoms with Crippen molar-refractivity contribution in [3.63, 3.8) is 0 Å². The van der Waals surface area contributed by atoms with Crippen LogP contribution in [0.2, 0.25) is 5.02 Å². The van der Waals surface area contributed by atoms with E-state index in [2.05, 4.69) is 51.4 Å². The Kier molecular flexibility index (Phi) is 7.84. The van der Waals surface area contributed by atoms with Crippen LogP contribution in [0.3, 0.4) is 0 Å². The van der Waals surface area contributed by atoms with E-state index in [0.717, 1.165) is 88.9 Å². The summed E-state index contributed by atoms with van der Waals surface area (Å²) in [6, 6.07) is 17.9. The highest BCUT2D eigenvalue weighted by Crippen LogP contribution is 2.33. The first kappa shape index (κ1) is 25.4. The summed E-state index contributed by atoms with van der Waals surface area (Å²) in [5, 5.41) is 12.8. The zero-order valence-corrected chi connectivity index (χ0v) is 22.4. The normalized spacial score (nSPS) is 14.7. The van der Waals surface area contributed by atoms with Crippen LogP contribution in [0.5, 0.6) is 5.75 Å². The van der Waals surface area contributed by atoms with Gasteiger partial charge in [0.25, 0.3) is 0 Å². The van der Waals surface area contributed by atoms with Gasteiger partial charge < -0.3 is 19.9 Å². The second-order valence-electron chi connectivity index (χ2n) is 9.73. The van der Waals surface area contributed by atoms with Crippen LogP contribution in [0.15, 0.2) is 54.6 Å². The van der Waals surface area contributed by atoms with Crippen LogP contribution in [-0.2, 0) is 0 Å². The third kappa shape index (κ3) is 6.18. The molecule has 0 aliphatic carbocycles. The van der Waals surface area contributed by atoms with E-state index in [-0.39, 0.29) is 0 Å². The molecule has 1 fully saturated rings. The molecule has 4 aromatic rings. The minimum atomic E-state index is 0.449. The van der Waals surface area contributed by atoms with Crippen molar-refractivity contribution < 1.29 is 4.74 Å². The van der Waals surface area contributed by atoms with Crippen LogP contribution >= 0.6 is 11.6 Å². The fourth-order valence-electron chi connectivity index (χ4n) is 4.75. The third-order valence-corrected chi connectivity index (χ3v) is 7.15. The average Bonchev–Trinajstić information content (AvgIpc) is 2.88. The topological polar surface area (TPSA) is 66.4 Å². The summed E-state index contributed by atoms with van der Waals surface area (Å²) in [7, 11) is 2.18. The zero-order chi connectivity index (χ0) is 25.8. The second-order valence-corrected chi connectivity index (χ2v) is 10.1. The molecule has 0 spiro atoms. The predicted octanol–water partition coefficient (Wildman–Crippen LogP) is 5.72. The summed E-state index contributed by atoms with van der Waals surface area (Å²) in [5.74, 6) is 1.28. The molecule has 0 saturated carbocycles. The quantitative estimate of drug-likeness (QED) is 0.300. The SMILES string of the molecule is Cc1cccc(Cl)c1-c1cc(C)c2nc(Nc3cccc(OCCCN4CCN(C)CC4)c3)nnc2c1. The van der Waals surface area contributed by atoms with E-state index in [0.29, 0.717) is 12.6 Å². The molecule has 2 heterocycles. The van der Waals surface area contributed by atoms with E-state index < -0.39 is 0 Å². The molecule has 3 aromatic carbocycles. The van der Waals surface area contributed by atoms with Crippen molar-refractivity contribution in [3.8, 4) is 16.9 Å². The molecule has 37 heavy (non-hydrogen) atoms. The minimum absolute atomic E-state index is 0.449. The number of aromatic nitrogens is 3. The van der Waals surface area contributed by atoms with E-state index in [1.165, 1.54) is 0 Å². The Bertz CT molecular complexity index is 1370. The highest BCUT2D eigenvalue weighted by molar-refractivity contribution is 6.33. The van der Waals surface area contributed by atoms with Gasteiger partial charge in [-0.3, -0.25) is 0 Å². The summed E-state index contributed by atoms with van der Waals surface area (Å²) in [4.78, 5) is 9.63. The Morgan fingerprint density at radius 2 is 1.76 bits per heavy atom. The number of hydrogen-bond donors (Lipinski definition) is 1. The number of rotatable bonds is 8. The van der Waals surface area contributed by atoms with Gasteiger partial charge in [0, 0.05) is 55.1 Å². The first-order valence-corrected chi connectivity index (χ1v) is 13.2. The molecule has 0 amide bonds. The molecule has 0 unspecified atom stereocenters. The molecule has 5 rings (SSSR count). The number of nitrogens with zero attached hydrogens (tertiary/aromatic N) is 5. The maximum atomic E-state index is 6.50. The Hall–Kier alpha value is -3.26. The molecule has 0 radical (unpaired) electrons. The highest BCUT2D eigenvalue weighted by Gasteiger charge is 2.14. The standard InChI is InChI=1S/C29H33ClN6O/c1-20-7-4-10-25(30)27(20)22-17-21(2)28-26(18-22)33-34-29(32-28)31-23-8-5-9-24(19-23)37-16-6-11-36-14-12-35(3)13-15-36/h4-5,7-10,17-19H,6,11-16H2,1-3H3,(H,31,32,34). The van der Waals surface area contributed by atoms with Crippen LogP contribution < -0.4 is 10.1 Å². The zero-order valence-electron chi connectivity index (χ0n) is 21.7. The fraction of sp³-hybridized carbons (Fsp3) is 0.345. The number of nitrogens with one attached hydrogen (secondary N) is 1. The molecular weight excluding hydrogens is 484 g/mol. The van der Waals surface area contributed by atoms with Gasteiger partial charge in [-0.05, 0) is 74.3 Å². The molecule has 192 valence electrons. The number of hydrogen-bond acceptors (Lipinski definition) is 7. The summed E-state index contributed by atoms with van der Waals surface area (Å²) in [6.07, 6.45) is 1.01. The molecule has 0 atom stereocenters. The Morgan fingerprint density at radius 1 is 0.946 bits per heavy atom. The van der Waals surface area contributed by atoms with E-state index in [1.807, 2.05) is 49.4 Å². The van der Waals surface area contributed by atoms with Gasteiger partial charge in [0.2, 0.25) is 5.95 Å². The van der Waals surface area contributed by atoms with Crippen molar-refractivity contribution in [2.24, 2.45) is 0 Å². The summed E-state index contributed by atoms with van der Waals surface area (Å²) < 4.78 is 6.02. The van der Waals surface area contributed by atoms with Crippen molar-refractivity contribution >= 4 is 34.3 Å². The van der Waals surface area contributed by atoms with Gasteiger partial charge in [0.05, 0.1) is 12.1 Å². The van der Waals surface area contributed by atoms with Crippen molar-refractivity contribution in [2.45, 2.75) is 20.3 Å². The predicted molar refractivity (Wildman–Crippen MR) is 151 cm³/mol. The lowest BCUT2D eigenvalue weighted by Gasteiger charge is -2.32. The van der Waals surface area contributed by atoms with Crippen molar-refractivity contribution in [3.05, 3.63) is 70.7 Å². The highest BCUT2D eigenvalue weighted by atomic mass is 35.5. The monoisotopic (exact) mass is 516 g/mol. The smallest absolute Gasteiger partial charge is 0.247 e. The van der Waals surface area contributed by atoms with Gasteiger partial charge in [-0.2, -0.15) is 0 Å². The number of fused-ring (bicyclic) bond motifs is 1. The molecular formula is C29H33ClN6O. The van der Waals surface area contributed by atoms with Crippen molar-refractivity contribution in [1.82, 2.24) is 25.0 Å². The van der Waals surface area contributed by atoms with E-state index in [4.69, 9.17) is 21.3 Å². The fourth-order valence-corrected chi connectivity index (χ4v) is 5.08. The van der Waals surface area contributed by atoms with E-state index in [9.17, 15) is 0 Å². The van der Waals surface area contributed by atoms with Crippen LogP contribution in [0.1, 0.15) is 17.5 Å². The van der Waals surface area contributed by atoms with Crippen molar-refractivity contribution in [2.75, 3.05) is 51.7 Å². The number of anilines is 2. The van der Waals surface area contributed by atoms with Gasteiger partial charge in [-0.1, -0.05) is 29.8 Å². The first-order valence-electron chi connectivity index (χ1n) is 12.8. The number of aryl methyl sites for hydroxylation is 2. The minimum Gasteiger partial charge on any atom is -0.493 e. The van der Waals surface area contributed by atoms with Crippen LogP contribution in [0.4, 0.5) is 11.6 Å². The van der Waals surface area contributed by atoms with Gasteiger partial charge in [-0.25, -0.2) is 4.98 Å². The molecule has 0 bridgehead atoms. The van der Waals surface area contributed by atoms with Gasteiger partial charge in [0.15, 0.2) is 0 Å². The summed E-state index contributed by atoms with van der Waals surface area (Å²) in [5.41, 5.74) is 6.56. The van der Waals surface area contributed by atoms with Crippen molar-refractivity contribution in [1.29, 1.82) is 0 Å². The van der Waals surface area contributed by atoms with E-state index in [1.54, 1.807) is 0 Å². The second kappa shape index (κ2) is 11.4. The molecule has 1 aromatic heterocycles. The van der Waals surface area contributed by atoms with Gasteiger partial charge in [0.1, 0.15) is 11.3 Å². The van der Waals surface area contributed by atoms with Crippen LogP contribution in [0, 0.1) is 13.8 Å². The number of halogens is 1. The maximum absolute atomic E-state index is 6.50. The van der Waals surface area contributed by atoms with Gasteiger partial charge >= 0.3 is 0 Å². The van der Waals surface area contributed by atoms with Gasteiger partial charge in [-0.15, -0.1) is 10.2 Å². The average molecular weight is 517 g/mol. The summed E-state index contributed by atoms with van der Waals surface area (Å²) in [6.45, 7) is 10.4. The summed E-state index contributed by atoms with van der Waals surface area (Å²) >= 11 is 6.50. The third-order valence-electron chi connectivity index (χ3n) is 6.83. The lowest BCUT2D eigenvalue weighted by molar-refractivity contribution is 0.145. The maximum Gasteiger partial charge on any atom is 0.247 e. The number of piperazine rings is 1. The Balaban J connectivity index is 1.24. The molecule has 1 aliphatic heterocycles. The van der Waals surface area contributed by atoms with Crippen LogP contribution in [0.25, 0.3) is 22.2 Å². The number of likely N-dealkylation sites (N-methyl/N-ethyl adjacent to an activating group) is 1. The van der Waals surface area contributed by atoms with E-state index >= 15 is 0 Å². The molecule has 1 N–H and O–H groups in total. The molecule has 1 saturated heterocycles.